The Bertz CT molecular complexity index is 392. The van der Waals surface area contributed by atoms with Gasteiger partial charge in [-0.15, -0.1) is 0 Å². The first-order valence-corrected chi connectivity index (χ1v) is 5.41. The highest BCUT2D eigenvalue weighted by Crippen LogP contribution is 2.29. The van der Waals surface area contributed by atoms with Gasteiger partial charge >= 0.3 is 0 Å². The summed E-state index contributed by atoms with van der Waals surface area (Å²) >= 11 is 0. The molecule has 1 aromatic rings. The smallest absolute Gasteiger partial charge is 0.296 e. The molecular weight excluding hydrogens is 222 g/mol. The summed E-state index contributed by atoms with van der Waals surface area (Å²) in [4.78, 5) is 10.5. The molecule has 0 saturated heterocycles. The van der Waals surface area contributed by atoms with Gasteiger partial charge in [0.1, 0.15) is 11.4 Å². The number of ether oxygens (including phenoxy) is 1. The highest BCUT2D eigenvalue weighted by atomic mass is 16.6. The van der Waals surface area contributed by atoms with Crippen LogP contribution in [-0.2, 0) is 0 Å². The lowest BCUT2D eigenvalue weighted by Crippen LogP contribution is -2.28. The van der Waals surface area contributed by atoms with Crippen LogP contribution in [0.4, 0.5) is 11.4 Å². The zero-order valence-electron chi connectivity index (χ0n) is 9.97. The quantitative estimate of drug-likeness (QED) is 0.583. The second-order valence-electron chi connectivity index (χ2n) is 3.63. The third-order valence-corrected chi connectivity index (χ3v) is 2.54. The topological polar surface area (TPSA) is 90.4 Å². The number of nitrogens with zero attached hydrogens (tertiary/aromatic N) is 1. The molecule has 0 amide bonds. The number of hydrogen-bond acceptors (Lipinski definition) is 5. The minimum atomic E-state index is -0.436. The lowest BCUT2D eigenvalue weighted by Gasteiger charge is -2.16. The minimum absolute atomic E-state index is 0.00347. The Morgan fingerprint density at radius 2 is 2.29 bits per heavy atom. The first kappa shape index (κ1) is 13.2. The molecule has 94 valence electrons. The number of methoxy groups -OCH3 is 1. The van der Waals surface area contributed by atoms with Crippen molar-refractivity contribution in [1.82, 2.24) is 0 Å². The molecule has 0 radical (unpaired) electrons. The molecule has 0 heterocycles. The second-order valence-corrected chi connectivity index (χ2v) is 3.63. The van der Waals surface area contributed by atoms with Crippen molar-refractivity contribution in [3.63, 3.8) is 0 Å². The summed E-state index contributed by atoms with van der Waals surface area (Å²) in [6, 6.07) is 4.74. The molecule has 0 aliphatic rings. The Balaban J connectivity index is 3.01. The molecular formula is C11H17N3O3. The minimum Gasteiger partial charge on any atom is -0.496 e. The number of anilines is 1. The Hall–Kier alpha value is -1.82. The van der Waals surface area contributed by atoms with Crippen molar-refractivity contribution in [1.29, 1.82) is 0 Å². The standard InChI is InChI=1S/C11H17N3O3/c1-3-8(7-12)13-10-5-4-9(17-2)6-11(10)14(15)16/h4-6,8,13H,3,7,12H2,1-2H3. The zero-order valence-corrected chi connectivity index (χ0v) is 9.97. The zero-order chi connectivity index (χ0) is 12.8. The highest BCUT2D eigenvalue weighted by Gasteiger charge is 2.16. The Labute approximate surface area is 99.9 Å². The Morgan fingerprint density at radius 1 is 1.59 bits per heavy atom. The van der Waals surface area contributed by atoms with Crippen molar-refractivity contribution in [3.8, 4) is 5.75 Å². The predicted molar refractivity (Wildman–Crippen MR) is 66.4 cm³/mol. The molecule has 3 N–H and O–H groups in total. The molecule has 0 saturated carbocycles. The summed E-state index contributed by atoms with van der Waals surface area (Å²) in [5.74, 6) is 0.461. The van der Waals surface area contributed by atoms with Gasteiger partial charge in [-0.05, 0) is 18.6 Å². The molecule has 0 spiro atoms. The Kier molecular flexibility index (Phi) is 4.71. The average Bonchev–Trinajstić information content (AvgIpc) is 2.35. The maximum Gasteiger partial charge on any atom is 0.296 e. The van der Waals surface area contributed by atoms with Crippen molar-refractivity contribution in [2.45, 2.75) is 19.4 Å². The van der Waals surface area contributed by atoms with Gasteiger partial charge in [0.15, 0.2) is 0 Å². The van der Waals surface area contributed by atoms with E-state index in [1.54, 1.807) is 12.1 Å². The maximum atomic E-state index is 10.9. The van der Waals surface area contributed by atoms with Crippen LogP contribution >= 0.6 is 0 Å². The van der Waals surface area contributed by atoms with Gasteiger partial charge in [-0.3, -0.25) is 10.1 Å². The molecule has 0 fully saturated rings. The van der Waals surface area contributed by atoms with Gasteiger partial charge in [-0.1, -0.05) is 6.92 Å². The van der Waals surface area contributed by atoms with Crippen LogP contribution in [0.15, 0.2) is 18.2 Å². The fraction of sp³-hybridized carbons (Fsp3) is 0.455. The third kappa shape index (κ3) is 3.32. The number of rotatable bonds is 6. The molecule has 1 atom stereocenters. The van der Waals surface area contributed by atoms with E-state index in [1.165, 1.54) is 13.2 Å². The monoisotopic (exact) mass is 239 g/mol. The van der Waals surface area contributed by atoms with Gasteiger partial charge in [0.05, 0.1) is 18.1 Å². The van der Waals surface area contributed by atoms with E-state index in [0.29, 0.717) is 18.0 Å². The molecule has 17 heavy (non-hydrogen) atoms. The SMILES string of the molecule is CCC(CN)Nc1ccc(OC)cc1[N+](=O)[O-]. The van der Waals surface area contributed by atoms with E-state index in [-0.39, 0.29) is 11.7 Å². The number of nitrogens with one attached hydrogen (secondary N) is 1. The summed E-state index contributed by atoms with van der Waals surface area (Å²) in [6.07, 6.45) is 0.805. The van der Waals surface area contributed by atoms with Crippen LogP contribution in [-0.4, -0.2) is 24.6 Å². The van der Waals surface area contributed by atoms with E-state index in [1.807, 2.05) is 6.92 Å². The van der Waals surface area contributed by atoms with E-state index in [2.05, 4.69) is 5.32 Å². The fourth-order valence-electron chi connectivity index (χ4n) is 1.46. The van der Waals surface area contributed by atoms with Gasteiger partial charge in [0.25, 0.3) is 5.69 Å². The lowest BCUT2D eigenvalue weighted by atomic mass is 10.2. The summed E-state index contributed by atoms with van der Waals surface area (Å²) in [5.41, 5.74) is 6.02. The molecule has 6 heteroatoms. The number of hydrogen-bond donors (Lipinski definition) is 2. The van der Waals surface area contributed by atoms with Gasteiger partial charge in [0.2, 0.25) is 0 Å². The van der Waals surface area contributed by atoms with Crippen LogP contribution in [0.5, 0.6) is 5.75 Å². The molecule has 6 nitrogen and oxygen atoms in total. The summed E-state index contributed by atoms with van der Waals surface area (Å²) in [6.45, 7) is 2.40. The predicted octanol–water partition coefficient (Wildman–Crippen LogP) is 1.75. The maximum absolute atomic E-state index is 10.9. The van der Waals surface area contributed by atoms with Crippen LogP contribution in [0.1, 0.15) is 13.3 Å². The molecule has 0 bridgehead atoms. The fourth-order valence-corrected chi connectivity index (χ4v) is 1.46. The number of benzene rings is 1. The Morgan fingerprint density at radius 3 is 2.76 bits per heavy atom. The lowest BCUT2D eigenvalue weighted by molar-refractivity contribution is -0.384. The molecule has 1 rings (SSSR count). The van der Waals surface area contributed by atoms with Crippen LogP contribution < -0.4 is 15.8 Å². The molecule has 1 aromatic carbocycles. The first-order chi connectivity index (χ1) is 8.12. The van der Waals surface area contributed by atoms with Crippen molar-refractivity contribution >= 4 is 11.4 Å². The van der Waals surface area contributed by atoms with E-state index in [0.717, 1.165) is 6.42 Å². The van der Waals surface area contributed by atoms with Gasteiger partial charge < -0.3 is 15.8 Å². The molecule has 0 aromatic heterocycles. The van der Waals surface area contributed by atoms with E-state index < -0.39 is 4.92 Å². The van der Waals surface area contributed by atoms with Crippen molar-refractivity contribution in [2.24, 2.45) is 5.73 Å². The number of nitro benzene ring substituents is 1. The third-order valence-electron chi connectivity index (χ3n) is 2.54. The van der Waals surface area contributed by atoms with Crippen LogP contribution in [0.2, 0.25) is 0 Å². The number of nitrogens with two attached hydrogens (primary N) is 1. The van der Waals surface area contributed by atoms with Gasteiger partial charge in [-0.2, -0.15) is 0 Å². The average molecular weight is 239 g/mol. The van der Waals surface area contributed by atoms with Crippen LogP contribution in [0.25, 0.3) is 0 Å². The van der Waals surface area contributed by atoms with Crippen molar-refractivity contribution in [3.05, 3.63) is 28.3 Å². The van der Waals surface area contributed by atoms with E-state index >= 15 is 0 Å². The van der Waals surface area contributed by atoms with Gasteiger partial charge in [0, 0.05) is 12.6 Å². The first-order valence-electron chi connectivity index (χ1n) is 5.41. The number of nitro groups is 1. The molecule has 0 aliphatic carbocycles. The molecule has 0 aliphatic heterocycles. The molecule has 1 unspecified atom stereocenters. The van der Waals surface area contributed by atoms with E-state index in [9.17, 15) is 10.1 Å². The normalized spacial score (nSPS) is 11.9. The van der Waals surface area contributed by atoms with Crippen LogP contribution in [0, 0.1) is 10.1 Å². The second kappa shape index (κ2) is 6.05. The van der Waals surface area contributed by atoms with Crippen molar-refractivity contribution in [2.75, 3.05) is 19.0 Å². The summed E-state index contributed by atoms with van der Waals surface area (Å²) in [7, 11) is 1.47. The van der Waals surface area contributed by atoms with Gasteiger partial charge in [-0.25, -0.2) is 0 Å². The van der Waals surface area contributed by atoms with Crippen LogP contribution in [0.3, 0.4) is 0 Å². The van der Waals surface area contributed by atoms with E-state index in [4.69, 9.17) is 10.5 Å². The highest BCUT2D eigenvalue weighted by molar-refractivity contribution is 5.64. The van der Waals surface area contributed by atoms with Crippen molar-refractivity contribution < 1.29 is 9.66 Å². The summed E-state index contributed by atoms with van der Waals surface area (Å²) in [5, 5.41) is 14.0. The summed E-state index contributed by atoms with van der Waals surface area (Å²) < 4.78 is 4.96. The largest absolute Gasteiger partial charge is 0.496 e.